The van der Waals surface area contributed by atoms with Gasteiger partial charge in [-0.25, -0.2) is 4.39 Å². The van der Waals surface area contributed by atoms with E-state index in [4.69, 9.17) is 5.73 Å². The van der Waals surface area contributed by atoms with Gasteiger partial charge in [0.2, 0.25) is 0 Å². The van der Waals surface area contributed by atoms with E-state index in [0.717, 1.165) is 5.69 Å². The third-order valence-corrected chi connectivity index (χ3v) is 2.30. The third kappa shape index (κ3) is 1.62. The Balaban J connectivity index is 2.12. The second-order valence-electron chi connectivity index (χ2n) is 3.30. The first-order valence-electron chi connectivity index (χ1n) is 4.32. The molecule has 1 aliphatic heterocycles. The number of nitrogens with zero attached hydrogens (tertiary/aromatic N) is 2. The summed E-state index contributed by atoms with van der Waals surface area (Å²) in [5.74, 6) is 0. The lowest BCUT2D eigenvalue weighted by atomic mass is 10.3. The fourth-order valence-electron chi connectivity index (χ4n) is 1.54. The van der Waals surface area contributed by atoms with Crippen LogP contribution in [0.2, 0.25) is 0 Å². The zero-order valence-electron chi connectivity index (χ0n) is 7.23. The molecule has 13 heavy (non-hydrogen) atoms. The highest BCUT2D eigenvalue weighted by atomic mass is 19.1. The fourth-order valence-corrected chi connectivity index (χ4v) is 1.54. The molecule has 1 aliphatic rings. The van der Waals surface area contributed by atoms with Crippen molar-refractivity contribution in [2.24, 2.45) is 5.73 Å². The molecule has 0 saturated carbocycles. The minimum atomic E-state index is -0.916. The number of hydrogen-bond donors (Lipinski definition) is 1. The van der Waals surface area contributed by atoms with E-state index in [1.807, 2.05) is 17.0 Å². The first-order valence-corrected chi connectivity index (χ1v) is 4.32. The van der Waals surface area contributed by atoms with Crippen LogP contribution in [0.4, 0.5) is 10.1 Å². The Morgan fingerprint density at radius 3 is 2.92 bits per heavy atom. The van der Waals surface area contributed by atoms with Crippen molar-refractivity contribution in [2.75, 3.05) is 18.0 Å². The van der Waals surface area contributed by atoms with E-state index in [-0.39, 0.29) is 6.04 Å². The number of hydrogen-bond acceptors (Lipinski definition) is 3. The highest BCUT2D eigenvalue weighted by Crippen LogP contribution is 2.19. The molecule has 1 saturated heterocycles. The molecule has 2 rings (SSSR count). The Morgan fingerprint density at radius 1 is 1.54 bits per heavy atom. The van der Waals surface area contributed by atoms with Gasteiger partial charge in [0.15, 0.2) is 0 Å². The van der Waals surface area contributed by atoms with Crippen molar-refractivity contribution >= 4 is 5.69 Å². The van der Waals surface area contributed by atoms with Crippen molar-refractivity contribution in [3.63, 3.8) is 0 Å². The molecule has 0 aromatic carbocycles. The van der Waals surface area contributed by atoms with Crippen LogP contribution in [0, 0.1) is 0 Å². The minimum Gasteiger partial charge on any atom is -0.366 e. The van der Waals surface area contributed by atoms with Crippen LogP contribution in [0.5, 0.6) is 0 Å². The molecule has 4 heteroatoms. The summed E-state index contributed by atoms with van der Waals surface area (Å²) < 4.78 is 13.1. The summed E-state index contributed by atoms with van der Waals surface area (Å²) in [6, 6.07) is 3.39. The smallest absolute Gasteiger partial charge is 0.134 e. The van der Waals surface area contributed by atoms with Crippen LogP contribution in [-0.4, -0.2) is 30.3 Å². The molecule has 2 atom stereocenters. The van der Waals surface area contributed by atoms with Crippen molar-refractivity contribution in [1.29, 1.82) is 0 Å². The van der Waals surface area contributed by atoms with Gasteiger partial charge in [-0.2, -0.15) is 0 Å². The van der Waals surface area contributed by atoms with Crippen LogP contribution in [0.25, 0.3) is 0 Å². The molecule has 1 aromatic rings. The van der Waals surface area contributed by atoms with Crippen molar-refractivity contribution in [3.05, 3.63) is 24.5 Å². The number of halogens is 1. The molecule has 0 bridgehead atoms. The van der Waals surface area contributed by atoms with Crippen LogP contribution in [-0.2, 0) is 0 Å². The molecule has 70 valence electrons. The standard InChI is InChI=1S/C9H12FN3/c10-8-5-13(6-9(8)11)7-2-1-3-12-4-7/h1-4,8-9H,5-6,11H2/t8-,9+/m1/s1. The maximum absolute atomic E-state index is 13.1. The lowest BCUT2D eigenvalue weighted by Gasteiger charge is -2.16. The van der Waals surface area contributed by atoms with Crippen LogP contribution in [0.15, 0.2) is 24.5 Å². The van der Waals surface area contributed by atoms with Crippen LogP contribution in [0.1, 0.15) is 0 Å². The highest BCUT2D eigenvalue weighted by molar-refractivity contribution is 5.45. The average molecular weight is 181 g/mol. The van der Waals surface area contributed by atoms with Crippen LogP contribution >= 0.6 is 0 Å². The SMILES string of the molecule is N[C@H]1CN(c2cccnc2)C[C@H]1F. The lowest BCUT2D eigenvalue weighted by molar-refractivity contribution is 0.333. The molecule has 0 radical (unpaired) electrons. The number of alkyl halides is 1. The van der Waals surface area contributed by atoms with Gasteiger partial charge < -0.3 is 10.6 Å². The summed E-state index contributed by atoms with van der Waals surface area (Å²) in [6.45, 7) is 0.958. The molecule has 2 N–H and O–H groups in total. The van der Waals surface area contributed by atoms with E-state index in [9.17, 15) is 4.39 Å². The van der Waals surface area contributed by atoms with E-state index in [2.05, 4.69) is 4.98 Å². The summed E-state index contributed by atoms with van der Waals surface area (Å²) in [5.41, 5.74) is 6.51. The van der Waals surface area contributed by atoms with E-state index >= 15 is 0 Å². The van der Waals surface area contributed by atoms with Gasteiger partial charge in [-0.05, 0) is 12.1 Å². The normalized spacial score (nSPS) is 28.0. The van der Waals surface area contributed by atoms with Gasteiger partial charge in [0.25, 0.3) is 0 Å². The first-order chi connectivity index (χ1) is 6.27. The summed E-state index contributed by atoms with van der Waals surface area (Å²) in [5, 5.41) is 0. The Kier molecular flexibility index (Phi) is 2.14. The minimum absolute atomic E-state index is 0.361. The molecular weight excluding hydrogens is 169 g/mol. The number of rotatable bonds is 1. The maximum Gasteiger partial charge on any atom is 0.134 e. The predicted octanol–water partition coefficient (Wildman–Crippen LogP) is 0.567. The predicted molar refractivity (Wildman–Crippen MR) is 49.3 cm³/mol. The van der Waals surface area contributed by atoms with Crippen LogP contribution < -0.4 is 10.6 Å². The van der Waals surface area contributed by atoms with E-state index in [1.165, 1.54) is 0 Å². The number of pyridine rings is 1. The number of anilines is 1. The molecule has 1 aromatic heterocycles. The highest BCUT2D eigenvalue weighted by Gasteiger charge is 2.29. The monoisotopic (exact) mass is 181 g/mol. The van der Waals surface area contributed by atoms with Crippen molar-refractivity contribution in [3.8, 4) is 0 Å². The zero-order valence-corrected chi connectivity index (χ0v) is 7.23. The van der Waals surface area contributed by atoms with E-state index < -0.39 is 6.17 Å². The van der Waals surface area contributed by atoms with Crippen LogP contribution in [0.3, 0.4) is 0 Å². The largest absolute Gasteiger partial charge is 0.366 e. The van der Waals surface area contributed by atoms with E-state index in [1.54, 1.807) is 12.4 Å². The molecule has 1 fully saturated rings. The summed E-state index contributed by atoms with van der Waals surface area (Å²) in [7, 11) is 0. The molecular formula is C9H12FN3. The van der Waals surface area contributed by atoms with Gasteiger partial charge >= 0.3 is 0 Å². The zero-order chi connectivity index (χ0) is 9.26. The van der Waals surface area contributed by atoms with Gasteiger partial charge in [-0.15, -0.1) is 0 Å². The molecule has 2 heterocycles. The Hall–Kier alpha value is -1.16. The second kappa shape index (κ2) is 3.30. The summed E-state index contributed by atoms with van der Waals surface area (Å²) in [6.07, 6.45) is 2.51. The number of aromatic nitrogens is 1. The first kappa shape index (κ1) is 8.44. The van der Waals surface area contributed by atoms with Crippen molar-refractivity contribution < 1.29 is 4.39 Å². The van der Waals surface area contributed by atoms with Gasteiger partial charge in [0.05, 0.1) is 24.5 Å². The van der Waals surface area contributed by atoms with Crippen molar-refractivity contribution in [1.82, 2.24) is 4.98 Å². The van der Waals surface area contributed by atoms with Gasteiger partial charge in [0.1, 0.15) is 6.17 Å². The Labute approximate surface area is 76.4 Å². The molecule has 0 spiro atoms. The molecule has 0 aliphatic carbocycles. The number of nitrogens with two attached hydrogens (primary N) is 1. The van der Waals surface area contributed by atoms with E-state index in [0.29, 0.717) is 13.1 Å². The Morgan fingerprint density at radius 2 is 2.38 bits per heavy atom. The topological polar surface area (TPSA) is 42.1 Å². The van der Waals surface area contributed by atoms with Crippen molar-refractivity contribution in [2.45, 2.75) is 12.2 Å². The average Bonchev–Trinajstić information content (AvgIpc) is 2.49. The molecule has 0 amide bonds. The van der Waals surface area contributed by atoms with Gasteiger partial charge in [-0.3, -0.25) is 4.98 Å². The molecule has 3 nitrogen and oxygen atoms in total. The second-order valence-corrected chi connectivity index (χ2v) is 3.30. The summed E-state index contributed by atoms with van der Waals surface area (Å²) in [4.78, 5) is 5.89. The fraction of sp³-hybridized carbons (Fsp3) is 0.444. The summed E-state index contributed by atoms with van der Waals surface area (Å²) >= 11 is 0. The van der Waals surface area contributed by atoms with Gasteiger partial charge in [0, 0.05) is 12.7 Å². The van der Waals surface area contributed by atoms with Gasteiger partial charge in [-0.1, -0.05) is 0 Å². The third-order valence-electron chi connectivity index (χ3n) is 2.30. The maximum atomic E-state index is 13.1. The molecule has 0 unspecified atom stereocenters. The Bertz CT molecular complexity index is 267. The lowest BCUT2D eigenvalue weighted by Crippen LogP contribution is -2.30. The quantitative estimate of drug-likeness (QED) is 0.688.